The van der Waals surface area contributed by atoms with Crippen LogP contribution < -0.4 is 0 Å². The molecule has 3 heterocycles. The summed E-state index contributed by atoms with van der Waals surface area (Å²) < 4.78 is 0. The van der Waals surface area contributed by atoms with Gasteiger partial charge in [0.1, 0.15) is 0 Å². The van der Waals surface area contributed by atoms with Gasteiger partial charge in [0.2, 0.25) is 0 Å². The molecule has 0 aliphatic carbocycles. The topological polar surface area (TPSA) is 20.3 Å². The lowest BCUT2D eigenvalue weighted by Crippen LogP contribution is -2.62. The van der Waals surface area contributed by atoms with Crippen molar-refractivity contribution in [3.05, 3.63) is 71.8 Å². The molecule has 5 rings (SSSR count). The molecule has 0 radical (unpaired) electrons. The summed E-state index contributed by atoms with van der Waals surface area (Å²) in [6.45, 7) is 4.30. The Bertz CT molecular complexity index is 662. The molecule has 0 spiro atoms. The molecule has 2 bridgehead atoms. The number of rotatable bonds is 4. The summed E-state index contributed by atoms with van der Waals surface area (Å²) in [7, 11) is 0. The lowest BCUT2D eigenvalue weighted by atomic mass is 9.63. The zero-order valence-corrected chi connectivity index (χ0v) is 14.3. The molecule has 2 heteroatoms. The summed E-state index contributed by atoms with van der Waals surface area (Å²) in [5.41, 5.74) is 2.42. The van der Waals surface area contributed by atoms with Gasteiger partial charge in [-0.2, -0.15) is 0 Å². The van der Waals surface area contributed by atoms with Crippen molar-refractivity contribution in [2.24, 2.45) is 5.41 Å². The number of benzene rings is 2. The molecule has 3 fully saturated rings. The third-order valence-electron chi connectivity index (χ3n) is 6.25. The Labute approximate surface area is 144 Å². The zero-order valence-electron chi connectivity index (χ0n) is 14.3. The van der Waals surface area contributed by atoms with Crippen molar-refractivity contribution in [1.82, 2.24) is 4.90 Å². The SMILES string of the molecule is CCC12CCN(CC1)C(C(c1ccccc1)c1ccccc1)C2=O. The van der Waals surface area contributed by atoms with Gasteiger partial charge in [-0.3, -0.25) is 9.69 Å². The van der Waals surface area contributed by atoms with E-state index >= 15 is 0 Å². The zero-order chi connectivity index (χ0) is 16.6. The van der Waals surface area contributed by atoms with Gasteiger partial charge in [0.05, 0.1) is 6.04 Å². The predicted octanol–water partition coefficient (Wildman–Crippen LogP) is 4.26. The lowest BCUT2D eigenvalue weighted by molar-refractivity contribution is -0.148. The van der Waals surface area contributed by atoms with Gasteiger partial charge in [-0.25, -0.2) is 0 Å². The van der Waals surface area contributed by atoms with Crippen molar-refractivity contribution in [3.8, 4) is 0 Å². The summed E-state index contributed by atoms with van der Waals surface area (Å²) >= 11 is 0. The minimum atomic E-state index is -0.0821. The molecule has 124 valence electrons. The van der Waals surface area contributed by atoms with Crippen molar-refractivity contribution in [1.29, 1.82) is 0 Å². The standard InChI is InChI=1S/C22H25NO/c1-2-22-13-15-23(16-14-22)20(21(22)24)19(17-9-5-3-6-10-17)18-11-7-4-8-12-18/h3-12,19-20H,2,13-16H2,1H3. The predicted molar refractivity (Wildman–Crippen MR) is 97.1 cm³/mol. The third-order valence-corrected chi connectivity index (χ3v) is 6.25. The second-order valence-corrected chi connectivity index (χ2v) is 7.28. The average Bonchev–Trinajstić information content (AvgIpc) is 2.66. The van der Waals surface area contributed by atoms with Gasteiger partial charge in [-0.15, -0.1) is 0 Å². The van der Waals surface area contributed by atoms with Crippen LogP contribution in [0.25, 0.3) is 0 Å². The first-order valence-corrected chi connectivity index (χ1v) is 9.13. The summed E-state index contributed by atoms with van der Waals surface area (Å²) in [6.07, 6.45) is 3.05. The van der Waals surface area contributed by atoms with E-state index in [1.165, 1.54) is 11.1 Å². The maximum Gasteiger partial charge on any atom is 0.157 e. The highest BCUT2D eigenvalue weighted by Gasteiger charge is 2.53. The van der Waals surface area contributed by atoms with E-state index in [0.717, 1.165) is 32.4 Å². The first kappa shape index (κ1) is 15.6. The minimum absolute atomic E-state index is 0.0164. The normalized spacial score (nSPS) is 29.2. The van der Waals surface area contributed by atoms with Crippen LogP contribution in [0.5, 0.6) is 0 Å². The Hall–Kier alpha value is -1.93. The molecule has 0 saturated carbocycles. The number of fused-ring (bicyclic) bond motifs is 3. The monoisotopic (exact) mass is 319 g/mol. The molecule has 2 aromatic rings. The summed E-state index contributed by atoms with van der Waals surface area (Å²) in [6, 6.07) is 21.1. The van der Waals surface area contributed by atoms with Gasteiger partial charge < -0.3 is 0 Å². The number of Topliss-reactive ketones (excluding diaryl/α,β-unsaturated/α-hetero) is 1. The van der Waals surface area contributed by atoms with Gasteiger partial charge in [0.25, 0.3) is 0 Å². The van der Waals surface area contributed by atoms with Crippen LogP contribution in [-0.4, -0.2) is 29.8 Å². The smallest absolute Gasteiger partial charge is 0.157 e. The molecule has 2 nitrogen and oxygen atoms in total. The third kappa shape index (κ3) is 2.41. The maximum atomic E-state index is 13.5. The Kier molecular flexibility index (Phi) is 4.01. The van der Waals surface area contributed by atoms with Gasteiger partial charge in [0, 0.05) is 11.3 Å². The van der Waals surface area contributed by atoms with E-state index < -0.39 is 0 Å². The highest BCUT2D eigenvalue weighted by atomic mass is 16.1. The number of piperidine rings is 3. The number of nitrogens with zero attached hydrogens (tertiary/aromatic N) is 1. The number of hydrogen-bond acceptors (Lipinski definition) is 2. The number of ketones is 1. The van der Waals surface area contributed by atoms with Gasteiger partial charge in [0.15, 0.2) is 5.78 Å². The van der Waals surface area contributed by atoms with E-state index in [-0.39, 0.29) is 17.4 Å². The van der Waals surface area contributed by atoms with E-state index in [1.807, 2.05) is 12.1 Å². The van der Waals surface area contributed by atoms with Crippen LogP contribution in [-0.2, 0) is 4.79 Å². The Morgan fingerprint density at radius 3 is 1.92 bits per heavy atom. The minimum Gasteiger partial charge on any atom is -0.297 e. The second kappa shape index (κ2) is 6.18. The van der Waals surface area contributed by atoms with Gasteiger partial charge in [-0.1, -0.05) is 67.6 Å². The molecule has 24 heavy (non-hydrogen) atoms. The molecular weight excluding hydrogens is 294 g/mol. The number of hydrogen-bond donors (Lipinski definition) is 0. The van der Waals surface area contributed by atoms with E-state index in [0.29, 0.717) is 5.78 Å². The van der Waals surface area contributed by atoms with Crippen LogP contribution in [0, 0.1) is 5.41 Å². The highest BCUT2D eigenvalue weighted by molar-refractivity contribution is 5.92. The molecular formula is C22H25NO. The molecule has 2 aromatic carbocycles. The van der Waals surface area contributed by atoms with Gasteiger partial charge in [-0.05, 0) is 43.5 Å². The molecule has 1 atom stereocenters. The second-order valence-electron chi connectivity index (χ2n) is 7.28. The lowest BCUT2D eigenvalue weighted by Gasteiger charge is -2.53. The Morgan fingerprint density at radius 2 is 1.46 bits per heavy atom. The van der Waals surface area contributed by atoms with Crippen molar-refractivity contribution >= 4 is 5.78 Å². The van der Waals surface area contributed by atoms with Crippen LogP contribution >= 0.6 is 0 Å². The van der Waals surface area contributed by atoms with Crippen molar-refractivity contribution in [2.75, 3.05) is 13.1 Å². The Balaban J connectivity index is 1.81. The van der Waals surface area contributed by atoms with E-state index in [2.05, 4.69) is 60.4 Å². The summed E-state index contributed by atoms with van der Waals surface area (Å²) in [5, 5.41) is 0. The van der Waals surface area contributed by atoms with Crippen molar-refractivity contribution in [3.63, 3.8) is 0 Å². The van der Waals surface area contributed by atoms with Crippen LogP contribution in [0.4, 0.5) is 0 Å². The maximum absolute atomic E-state index is 13.5. The molecule has 1 unspecified atom stereocenters. The quantitative estimate of drug-likeness (QED) is 0.839. The van der Waals surface area contributed by atoms with Crippen LogP contribution in [0.15, 0.2) is 60.7 Å². The average molecular weight is 319 g/mol. The fourth-order valence-electron chi connectivity index (χ4n) is 4.72. The molecule has 0 N–H and O–H groups in total. The first-order chi connectivity index (χ1) is 11.7. The number of carbonyl (C=O) groups is 1. The fourth-order valence-corrected chi connectivity index (χ4v) is 4.72. The summed E-state index contributed by atoms with van der Waals surface area (Å²) in [5.74, 6) is 0.603. The largest absolute Gasteiger partial charge is 0.297 e. The first-order valence-electron chi connectivity index (χ1n) is 9.13. The van der Waals surface area contributed by atoms with Crippen LogP contribution in [0.2, 0.25) is 0 Å². The van der Waals surface area contributed by atoms with E-state index in [1.54, 1.807) is 0 Å². The van der Waals surface area contributed by atoms with Crippen LogP contribution in [0.3, 0.4) is 0 Å². The Morgan fingerprint density at radius 1 is 0.958 bits per heavy atom. The molecule has 3 saturated heterocycles. The number of carbonyl (C=O) groups excluding carboxylic acids is 1. The highest BCUT2D eigenvalue weighted by Crippen LogP contribution is 2.47. The molecule has 0 amide bonds. The summed E-state index contributed by atoms with van der Waals surface area (Å²) in [4.78, 5) is 15.9. The van der Waals surface area contributed by atoms with Gasteiger partial charge >= 0.3 is 0 Å². The van der Waals surface area contributed by atoms with E-state index in [9.17, 15) is 4.79 Å². The van der Waals surface area contributed by atoms with Crippen molar-refractivity contribution in [2.45, 2.75) is 38.1 Å². The van der Waals surface area contributed by atoms with Crippen LogP contribution in [0.1, 0.15) is 43.2 Å². The fraction of sp³-hybridized carbons (Fsp3) is 0.409. The van der Waals surface area contributed by atoms with Crippen molar-refractivity contribution < 1.29 is 4.79 Å². The van der Waals surface area contributed by atoms with E-state index in [4.69, 9.17) is 0 Å². The molecule has 0 aromatic heterocycles. The molecule has 3 aliphatic rings. The molecule has 3 aliphatic heterocycles.